The largest absolute Gasteiger partial charge is 0.351 e. The van der Waals surface area contributed by atoms with Crippen molar-refractivity contribution in [1.29, 1.82) is 0 Å². The molecule has 2 aromatic carbocycles. The van der Waals surface area contributed by atoms with Gasteiger partial charge in [-0.05, 0) is 30.3 Å². The molecule has 5 rings (SSSR count). The first-order valence-electron chi connectivity index (χ1n) is 12.0. The van der Waals surface area contributed by atoms with Gasteiger partial charge in [0.25, 0.3) is 11.8 Å². The highest BCUT2D eigenvalue weighted by atomic mass is 35.5. The van der Waals surface area contributed by atoms with E-state index in [2.05, 4.69) is 15.3 Å². The third-order valence-electron chi connectivity index (χ3n) is 6.51. The van der Waals surface area contributed by atoms with E-state index in [-0.39, 0.29) is 28.8 Å². The summed E-state index contributed by atoms with van der Waals surface area (Å²) in [5.41, 5.74) is 0.177. The molecule has 0 radical (unpaired) electrons. The average molecular weight is 562 g/mol. The first-order valence-corrected chi connectivity index (χ1v) is 12.4. The van der Waals surface area contributed by atoms with Crippen molar-refractivity contribution in [3.05, 3.63) is 83.4 Å². The molecule has 2 fully saturated rings. The maximum atomic E-state index is 14.4. The zero-order chi connectivity index (χ0) is 27.7. The number of nitrogens with zero attached hydrogens (tertiary/aromatic N) is 4. The Morgan fingerprint density at radius 3 is 2.51 bits per heavy atom. The molecule has 1 unspecified atom stereocenters. The molecule has 2 heterocycles. The second-order valence-electron chi connectivity index (χ2n) is 9.21. The maximum absolute atomic E-state index is 14.4. The molecule has 39 heavy (non-hydrogen) atoms. The molecule has 1 saturated carbocycles. The fraction of sp³-hybridized carbons (Fsp3) is 0.308. The smallest absolute Gasteiger partial charge is 0.253 e. The van der Waals surface area contributed by atoms with Gasteiger partial charge in [-0.2, -0.15) is 0 Å². The highest BCUT2D eigenvalue weighted by Gasteiger charge is 2.49. The van der Waals surface area contributed by atoms with E-state index in [1.807, 2.05) is 0 Å². The summed E-state index contributed by atoms with van der Waals surface area (Å²) in [4.78, 5) is 38.3. The van der Waals surface area contributed by atoms with Gasteiger partial charge < -0.3 is 15.2 Å². The summed E-state index contributed by atoms with van der Waals surface area (Å²) in [6.07, 6.45) is 0.134. The van der Waals surface area contributed by atoms with Gasteiger partial charge in [0.1, 0.15) is 17.9 Å². The van der Waals surface area contributed by atoms with Crippen LogP contribution in [0.25, 0.3) is 0 Å². The fourth-order valence-electron chi connectivity index (χ4n) is 4.67. The second-order valence-corrected chi connectivity index (χ2v) is 9.62. The standard InChI is InChI=1S/C26H23ClF3N5O4/c27-19-8-2-1-7-18(19)21(22(36)33-16-12-26(29,30)13-16)34(17-6-3-5-15(28)11-17)23(37)20-14-39-25(38)35(20)24-31-9-4-10-32-24/h1-11,16,20-21,25,38H,12-14H2,(H,33,36)/t20-,21-,25?/m0/s1. The summed E-state index contributed by atoms with van der Waals surface area (Å²) in [6.45, 7) is -0.310. The van der Waals surface area contributed by atoms with Crippen LogP contribution in [0.1, 0.15) is 24.4 Å². The number of carbonyl (C=O) groups excluding carboxylic acids is 2. The van der Waals surface area contributed by atoms with E-state index in [1.54, 1.807) is 18.2 Å². The number of hydrogen-bond donors (Lipinski definition) is 2. The molecule has 13 heteroatoms. The SMILES string of the molecule is O=C(NC1CC(F)(F)C1)[C@H](c1ccccc1Cl)N(C(=O)[C@@H]1COC(O)N1c1ncccn1)c1cccc(F)c1. The predicted octanol–water partition coefficient (Wildman–Crippen LogP) is 3.44. The Morgan fingerprint density at radius 1 is 1.13 bits per heavy atom. The Kier molecular flexibility index (Phi) is 7.43. The number of amides is 2. The highest BCUT2D eigenvalue weighted by molar-refractivity contribution is 6.31. The van der Waals surface area contributed by atoms with Gasteiger partial charge in [-0.25, -0.2) is 23.1 Å². The Morgan fingerprint density at radius 2 is 1.85 bits per heavy atom. The van der Waals surface area contributed by atoms with Gasteiger partial charge in [0.2, 0.25) is 18.3 Å². The molecule has 9 nitrogen and oxygen atoms in total. The maximum Gasteiger partial charge on any atom is 0.253 e. The number of rotatable bonds is 7. The molecule has 204 valence electrons. The van der Waals surface area contributed by atoms with E-state index in [9.17, 15) is 27.9 Å². The Labute approximate surface area is 226 Å². The van der Waals surface area contributed by atoms with Crippen LogP contribution in [0.4, 0.5) is 24.8 Å². The van der Waals surface area contributed by atoms with Crippen molar-refractivity contribution < 1.29 is 32.6 Å². The molecule has 2 aliphatic rings. The van der Waals surface area contributed by atoms with Crippen molar-refractivity contribution in [2.75, 3.05) is 16.4 Å². The van der Waals surface area contributed by atoms with Crippen molar-refractivity contribution in [2.24, 2.45) is 0 Å². The first-order chi connectivity index (χ1) is 18.6. The second kappa shape index (κ2) is 10.8. The summed E-state index contributed by atoms with van der Waals surface area (Å²) in [5, 5.41) is 13.2. The predicted molar refractivity (Wildman–Crippen MR) is 134 cm³/mol. The summed E-state index contributed by atoms with van der Waals surface area (Å²) >= 11 is 6.46. The topological polar surface area (TPSA) is 108 Å². The zero-order valence-corrected chi connectivity index (χ0v) is 21.0. The average Bonchev–Trinajstić information content (AvgIpc) is 3.28. The monoisotopic (exact) mass is 561 g/mol. The number of alkyl halides is 2. The molecule has 0 bridgehead atoms. The van der Waals surface area contributed by atoms with Gasteiger partial charge in [0.05, 0.1) is 6.61 Å². The molecule has 2 amide bonds. The third kappa shape index (κ3) is 5.54. The third-order valence-corrected chi connectivity index (χ3v) is 6.86. The number of ether oxygens (including phenoxy) is 1. The van der Waals surface area contributed by atoms with Crippen LogP contribution in [-0.4, -0.2) is 57.9 Å². The Bertz CT molecular complexity index is 1360. The lowest BCUT2D eigenvalue weighted by Gasteiger charge is -2.39. The summed E-state index contributed by atoms with van der Waals surface area (Å²) in [7, 11) is 0. The molecular formula is C26H23ClF3N5O4. The summed E-state index contributed by atoms with van der Waals surface area (Å²) in [6, 6.07) is 9.24. The minimum Gasteiger partial charge on any atom is -0.351 e. The van der Waals surface area contributed by atoms with E-state index in [4.69, 9.17) is 16.3 Å². The molecule has 1 aliphatic heterocycles. The lowest BCUT2D eigenvalue weighted by atomic mass is 9.87. The van der Waals surface area contributed by atoms with Crippen LogP contribution in [0.2, 0.25) is 5.02 Å². The van der Waals surface area contributed by atoms with Gasteiger partial charge in [-0.1, -0.05) is 35.9 Å². The van der Waals surface area contributed by atoms with Crippen LogP contribution in [-0.2, 0) is 14.3 Å². The van der Waals surface area contributed by atoms with Crippen molar-refractivity contribution in [2.45, 2.75) is 43.3 Å². The van der Waals surface area contributed by atoms with Crippen LogP contribution < -0.4 is 15.1 Å². The van der Waals surface area contributed by atoms with Gasteiger partial charge in [0, 0.05) is 47.6 Å². The minimum atomic E-state index is -2.90. The number of aliphatic hydroxyl groups excluding tert-OH is 1. The van der Waals surface area contributed by atoms with Gasteiger partial charge in [-0.15, -0.1) is 0 Å². The van der Waals surface area contributed by atoms with Crippen molar-refractivity contribution in [1.82, 2.24) is 15.3 Å². The van der Waals surface area contributed by atoms with Crippen LogP contribution in [0.3, 0.4) is 0 Å². The molecule has 3 aromatic rings. The van der Waals surface area contributed by atoms with Crippen molar-refractivity contribution >= 4 is 35.1 Å². The Hall–Kier alpha value is -3.74. The van der Waals surface area contributed by atoms with E-state index < -0.39 is 60.9 Å². The molecule has 0 spiro atoms. The molecular weight excluding hydrogens is 539 g/mol. The summed E-state index contributed by atoms with van der Waals surface area (Å²) in [5.74, 6) is -5.17. The fourth-order valence-corrected chi connectivity index (χ4v) is 4.91. The number of halogens is 4. The van der Waals surface area contributed by atoms with Crippen LogP contribution in [0.15, 0.2) is 67.0 Å². The lowest BCUT2D eigenvalue weighted by molar-refractivity contribution is -0.133. The van der Waals surface area contributed by atoms with Gasteiger partial charge >= 0.3 is 0 Å². The van der Waals surface area contributed by atoms with Gasteiger partial charge in [-0.3, -0.25) is 19.4 Å². The Balaban J connectivity index is 1.59. The molecule has 1 saturated heterocycles. The number of benzene rings is 2. The van der Waals surface area contributed by atoms with Crippen LogP contribution >= 0.6 is 11.6 Å². The van der Waals surface area contributed by atoms with Crippen LogP contribution in [0.5, 0.6) is 0 Å². The molecule has 2 N–H and O–H groups in total. The number of hydrogen-bond acceptors (Lipinski definition) is 7. The number of aromatic nitrogens is 2. The number of anilines is 2. The lowest BCUT2D eigenvalue weighted by Crippen LogP contribution is -2.56. The number of aliphatic hydroxyl groups is 1. The van der Waals surface area contributed by atoms with E-state index >= 15 is 0 Å². The van der Waals surface area contributed by atoms with Crippen molar-refractivity contribution in [3.63, 3.8) is 0 Å². The van der Waals surface area contributed by atoms with Gasteiger partial charge in [0.15, 0.2) is 0 Å². The number of nitrogens with one attached hydrogen (secondary N) is 1. The van der Waals surface area contributed by atoms with E-state index in [0.717, 1.165) is 15.9 Å². The van der Waals surface area contributed by atoms with E-state index in [0.29, 0.717) is 0 Å². The highest BCUT2D eigenvalue weighted by Crippen LogP contribution is 2.39. The minimum absolute atomic E-state index is 0.00525. The van der Waals surface area contributed by atoms with Crippen molar-refractivity contribution in [3.8, 4) is 0 Å². The zero-order valence-electron chi connectivity index (χ0n) is 20.3. The quantitative estimate of drug-likeness (QED) is 0.455. The van der Waals surface area contributed by atoms with Crippen LogP contribution in [0, 0.1) is 5.82 Å². The molecule has 3 atom stereocenters. The van der Waals surface area contributed by atoms with E-state index in [1.165, 1.54) is 42.7 Å². The first kappa shape index (κ1) is 26.9. The molecule has 1 aromatic heterocycles. The normalized spacial score (nSPS) is 21.2. The number of carbonyl (C=O) groups is 2. The summed E-state index contributed by atoms with van der Waals surface area (Å²) < 4.78 is 46.8. The molecule has 1 aliphatic carbocycles.